The van der Waals surface area contributed by atoms with Crippen molar-refractivity contribution in [3.63, 3.8) is 0 Å². The van der Waals surface area contributed by atoms with Gasteiger partial charge in [-0.2, -0.15) is 0 Å². The molecule has 0 radical (unpaired) electrons. The molecule has 0 aliphatic carbocycles. The lowest BCUT2D eigenvalue weighted by atomic mass is 10.0. The summed E-state index contributed by atoms with van der Waals surface area (Å²) in [5.74, 6) is -1.39. The fourth-order valence-corrected chi connectivity index (χ4v) is 3.04. The predicted molar refractivity (Wildman–Crippen MR) is 99.3 cm³/mol. The topological polar surface area (TPSA) is 99.8 Å². The number of aryl methyl sites for hydroxylation is 1. The van der Waals surface area contributed by atoms with Crippen molar-refractivity contribution < 1.29 is 19.4 Å². The molecule has 0 atom stereocenters. The van der Waals surface area contributed by atoms with Crippen molar-refractivity contribution in [2.45, 2.75) is 13.3 Å². The highest BCUT2D eigenvalue weighted by atomic mass is 35.5. The summed E-state index contributed by atoms with van der Waals surface area (Å²) in [5.41, 5.74) is 0.0891. The maximum absolute atomic E-state index is 12.3. The van der Waals surface area contributed by atoms with Crippen LogP contribution in [0.4, 0.5) is 5.69 Å². The van der Waals surface area contributed by atoms with Crippen LogP contribution in [0.3, 0.4) is 0 Å². The Morgan fingerprint density at radius 1 is 1.19 bits per heavy atom. The smallest absolute Gasteiger partial charge is 0.340 e. The average molecular weight is 394 g/mol. The number of phenolic OH excluding ortho intramolecular Hbond substituents is 2. The number of nitrogens with one attached hydrogen (secondary N) is 1. The lowest BCUT2D eigenvalue weighted by Gasteiger charge is -2.10. The second kappa shape index (κ2) is 6.90. The Morgan fingerprint density at radius 3 is 2.62 bits per heavy atom. The van der Waals surface area contributed by atoms with Crippen molar-refractivity contribution in [1.29, 1.82) is 0 Å². The molecule has 1 amide bonds. The van der Waals surface area contributed by atoms with Gasteiger partial charge in [0.2, 0.25) is 11.7 Å². The van der Waals surface area contributed by atoms with E-state index in [1.165, 1.54) is 18.2 Å². The normalized spacial score (nSPS) is 10.9. The minimum absolute atomic E-state index is 0.127. The number of carbonyl (C=O) groups excluding carboxylic acids is 1. The lowest BCUT2D eigenvalue weighted by Crippen LogP contribution is -2.20. The first-order chi connectivity index (χ1) is 12.3. The third-order valence-corrected chi connectivity index (χ3v) is 4.50. The van der Waals surface area contributed by atoms with Crippen LogP contribution in [0.15, 0.2) is 39.5 Å². The zero-order valence-corrected chi connectivity index (χ0v) is 15.0. The molecule has 8 heteroatoms. The molecule has 0 saturated carbocycles. The molecule has 3 rings (SSSR count). The van der Waals surface area contributed by atoms with Crippen molar-refractivity contribution in [1.82, 2.24) is 0 Å². The number of fused-ring (bicyclic) bond motifs is 1. The van der Waals surface area contributed by atoms with Crippen molar-refractivity contribution in [2.75, 3.05) is 5.32 Å². The monoisotopic (exact) mass is 393 g/mol. The fourth-order valence-electron chi connectivity index (χ4n) is 2.58. The number of aromatic hydroxyl groups is 2. The number of amides is 1. The largest absolute Gasteiger partial charge is 0.504 e. The van der Waals surface area contributed by atoms with Crippen LogP contribution in [0.2, 0.25) is 10.0 Å². The van der Waals surface area contributed by atoms with Crippen LogP contribution in [0.1, 0.15) is 11.1 Å². The SMILES string of the molecule is Cc1c(CC(=O)Nc2ccc(Cl)cc2Cl)c(=O)oc2c(O)c(O)ccc12. The first-order valence-corrected chi connectivity index (χ1v) is 8.25. The summed E-state index contributed by atoms with van der Waals surface area (Å²) >= 11 is 11.8. The van der Waals surface area contributed by atoms with E-state index < -0.39 is 23.0 Å². The van der Waals surface area contributed by atoms with Crippen LogP contribution in [0, 0.1) is 6.92 Å². The molecular formula is C18H13Cl2NO5. The van der Waals surface area contributed by atoms with Gasteiger partial charge in [0.15, 0.2) is 11.3 Å². The van der Waals surface area contributed by atoms with Gasteiger partial charge < -0.3 is 19.9 Å². The molecule has 3 aromatic rings. The Labute approximate surface area is 157 Å². The number of halogens is 2. The van der Waals surface area contributed by atoms with Crippen molar-refractivity contribution >= 4 is 45.8 Å². The van der Waals surface area contributed by atoms with Crippen LogP contribution in [0.5, 0.6) is 11.5 Å². The Morgan fingerprint density at radius 2 is 1.92 bits per heavy atom. The number of benzene rings is 2. The van der Waals surface area contributed by atoms with Gasteiger partial charge in [0, 0.05) is 10.4 Å². The third-order valence-electron chi connectivity index (χ3n) is 3.95. The Kier molecular flexibility index (Phi) is 4.80. The molecular weight excluding hydrogens is 381 g/mol. The number of hydrogen-bond acceptors (Lipinski definition) is 5. The standard InChI is InChI=1S/C18H13Cl2NO5/c1-8-10-3-5-14(22)16(24)17(10)26-18(25)11(8)7-15(23)21-13-4-2-9(19)6-12(13)20/h2-6,22,24H,7H2,1H3,(H,21,23). The molecule has 0 aliphatic heterocycles. The number of hydrogen-bond donors (Lipinski definition) is 3. The molecule has 2 aromatic carbocycles. The van der Waals surface area contributed by atoms with E-state index >= 15 is 0 Å². The molecule has 134 valence electrons. The number of anilines is 1. The Hall–Kier alpha value is -2.70. The van der Waals surface area contributed by atoms with E-state index in [4.69, 9.17) is 27.6 Å². The minimum atomic E-state index is -0.770. The first-order valence-electron chi connectivity index (χ1n) is 7.50. The zero-order chi connectivity index (χ0) is 19.0. The van der Waals surface area contributed by atoms with Gasteiger partial charge in [0.1, 0.15) is 0 Å². The molecule has 0 bridgehead atoms. The van der Waals surface area contributed by atoms with E-state index in [9.17, 15) is 19.8 Å². The van der Waals surface area contributed by atoms with Gasteiger partial charge in [0.05, 0.1) is 22.7 Å². The van der Waals surface area contributed by atoms with Crippen molar-refractivity contribution in [2.24, 2.45) is 0 Å². The molecule has 1 aromatic heterocycles. The molecule has 26 heavy (non-hydrogen) atoms. The average Bonchev–Trinajstić information content (AvgIpc) is 2.58. The summed E-state index contributed by atoms with van der Waals surface area (Å²) in [6.07, 6.45) is -0.245. The van der Waals surface area contributed by atoms with E-state index in [2.05, 4.69) is 5.32 Å². The maximum Gasteiger partial charge on any atom is 0.340 e. The van der Waals surface area contributed by atoms with Crippen molar-refractivity contribution in [3.8, 4) is 11.5 Å². The fraction of sp³-hybridized carbons (Fsp3) is 0.111. The Bertz CT molecular complexity index is 1090. The van der Waals surface area contributed by atoms with E-state index in [-0.39, 0.29) is 22.6 Å². The molecule has 0 saturated heterocycles. The van der Waals surface area contributed by atoms with E-state index in [0.717, 1.165) is 0 Å². The van der Waals surface area contributed by atoms with Crippen LogP contribution in [-0.2, 0) is 11.2 Å². The van der Waals surface area contributed by atoms with Crippen LogP contribution in [0.25, 0.3) is 11.0 Å². The maximum atomic E-state index is 12.3. The van der Waals surface area contributed by atoms with Gasteiger partial charge in [-0.25, -0.2) is 4.79 Å². The summed E-state index contributed by atoms with van der Waals surface area (Å²) in [6, 6.07) is 7.40. The number of carbonyl (C=O) groups is 1. The van der Waals surface area contributed by atoms with E-state index in [1.807, 2.05) is 0 Å². The molecule has 0 aliphatic rings. The van der Waals surface area contributed by atoms with E-state index in [0.29, 0.717) is 21.7 Å². The predicted octanol–water partition coefficient (Wildman–Crippen LogP) is 4.00. The summed E-state index contributed by atoms with van der Waals surface area (Å²) in [7, 11) is 0. The van der Waals surface area contributed by atoms with Gasteiger partial charge in [-0.1, -0.05) is 23.2 Å². The Balaban J connectivity index is 1.94. The summed E-state index contributed by atoms with van der Waals surface area (Å²) in [5, 5.41) is 23.1. The molecule has 0 spiro atoms. The number of phenols is 2. The highest BCUT2D eigenvalue weighted by molar-refractivity contribution is 6.36. The number of rotatable bonds is 3. The third kappa shape index (κ3) is 3.34. The molecule has 6 nitrogen and oxygen atoms in total. The summed E-state index contributed by atoms with van der Waals surface area (Å²) in [4.78, 5) is 24.5. The molecule has 1 heterocycles. The summed E-state index contributed by atoms with van der Waals surface area (Å²) < 4.78 is 5.09. The van der Waals surface area contributed by atoms with Gasteiger partial charge in [-0.05, 0) is 42.8 Å². The second-order valence-electron chi connectivity index (χ2n) is 5.65. The second-order valence-corrected chi connectivity index (χ2v) is 6.50. The lowest BCUT2D eigenvalue weighted by molar-refractivity contribution is -0.115. The summed E-state index contributed by atoms with van der Waals surface area (Å²) in [6.45, 7) is 1.63. The van der Waals surface area contributed by atoms with Gasteiger partial charge in [-0.15, -0.1) is 0 Å². The van der Waals surface area contributed by atoms with Crippen molar-refractivity contribution in [3.05, 3.63) is 61.9 Å². The van der Waals surface area contributed by atoms with Crippen LogP contribution < -0.4 is 10.9 Å². The highest BCUT2D eigenvalue weighted by Crippen LogP contribution is 2.34. The zero-order valence-electron chi connectivity index (χ0n) is 13.5. The minimum Gasteiger partial charge on any atom is -0.504 e. The van der Waals surface area contributed by atoms with Crippen LogP contribution in [-0.4, -0.2) is 16.1 Å². The quantitative estimate of drug-likeness (QED) is 0.461. The first kappa shape index (κ1) is 18.1. The van der Waals surface area contributed by atoms with Gasteiger partial charge >= 0.3 is 5.63 Å². The van der Waals surface area contributed by atoms with Gasteiger partial charge in [-0.3, -0.25) is 4.79 Å². The molecule has 3 N–H and O–H groups in total. The molecule has 0 unspecified atom stereocenters. The van der Waals surface area contributed by atoms with Gasteiger partial charge in [0.25, 0.3) is 0 Å². The van der Waals surface area contributed by atoms with Crippen LogP contribution >= 0.6 is 23.2 Å². The molecule has 0 fully saturated rings. The van der Waals surface area contributed by atoms with E-state index in [1.54, 1.807) is 19.1 Å². The highest BCUT2D eigenvalue weighted by Gasteiger charge is 2.18.